The van der Waals surface area contributed by atoms with Crippen molar-refractivity contribution in [3.05, 3.63) is 70.3 Å². The van der Waals surface area contributed by atoms with Crippen LogP contribution in [0.1, 0.15) is 61.2 Å². The molecule has 2 aromatic rings. The van der Waals surface area contributed by atoms with Gasteiger partial charge in [-0.25, -0.2) is 0 Å². The Balaban J connectivity index is 0.00000235. The molecule has 0 saturated carbocycles. The van der Waals surface area contributed by atoms with Crippen LogP contribution in [0.4, 0.5) is 0 Å². The number of benzene rings is 2. The minimum Gasteiger partial charge on any atom is -0.466 e. The number of ether oxygens (including phenoxy) is 1. The van der Waals surface area contributed by atoms with Crippen molar-refractivity contribution in [1.29, 1.82) is 0 Å². The van der Waals surface area contributed by atoms with E-state index < -0.39 is 0 Å². The van der Waals surface area contributed by atoms with Crippen LogP contribution < -0.4 is 5.32 Å². The van der Waals surface area contributed by atoms with Crippen LogP contribution in [-0.4, -0.2) is 18.5 Å². The van der Waals surface area contributed by atoms with Crippen molar-refractivity contribution < 1.29 is 15.8 Å². The predicted octanol–water partition coefficient (Wildman–Crippen LogP) is 5.00. The SMILES string of the molecule is CC.CCOC(=O)CCc1ccccc1CNC(=O)c1cccc(C)c1C.[HH]. The van der Waals surface area contributed by atoms with Crippen LogP contribution in [0.5, 0.6) is 0 Å². The Kier molecular flexibility index (Phi) is 9.88. The van der Waals surface area contributed by atoms with Gasteiger partial charge in [-0.05, 0) is 55.5 Å². The summed E-state index contributed by atoms with van der Waals surface area (Å²) >= 11 is 0. The molecule has 27 heavy (non-hydrogen) atoms. The molecular weight excluding hydrogens is 338 g/mol. The lowest BCUT2D eigenvalue weighted by Gasteiger charge is -2.12. The summed E-state index contributed by atoms with van der Waals surface area (Å²) < 4.78 is 4.98. The molecule has 4 nitrogen and oxygen atoms in total. The van der Waals surface area contributed by atoms with Gasteiger partial charge in [0, 0.05) is 20.0 Å². The molecule has 0 saturated heterocycles. The minimum atomic E-state index is -0.197. The number of carbonyl (C=O) groups excluding carboxylic acids is 2. The van der Waals surface area contributed by atoms with Gasteiger partial charge in [-0.2, -0.15) is 0 Å². The number of hydrogen-bond acceptors (Lipinski definition) is 3. The van der Waals surface area contributed by atoms with Crippen LogP contribution in [0, 0.1) is 13.8 Å². The van der Waals surface area contributed by atoms with E-state index in [1.165, 1.54) is 0 Å². The van der Waals surface area contributed by atoms with Crippen molar-refractivity contribution in [2.24, 2.45) is 0 Å². The molecule has 1 N–H and O–H groups in total. The van der Waals surface area contributed by atoms with Gasteiger partial charge in [0.25, 0.3) is 5.91 Å². The Hall–Kier alpha value is -2.62. The molecule has 0 aliphatic rings. The topological polar surface area (TPSA) is 55.4 Å². The molecule has 0 radical (unpaired) electrons. The Morgan fingerprint density at radius 3 is 2.33 bits per heavy atom. The summed E-state index contributed by atoms with van der Waals surface area (Å²) in [6.07, 6.45) is 0.949. The molecule has 148 valence electrons. The van der Waals surface area contributed by atoms with Gasteiger partial charge in [0.05, 0.1) is 6.61 Å². The average molecular weight is 372 g/mol. The van der Waals surface area contributed by atoms with E-state index in [1.807, 2.05) is 70.2 Å². The molecule has 0 heterocycles. The third-order valence-corrected chi connectivity index (χ3v) is 4.31. The largest absolute Gasteiger partial charge is 0.466 e. The predicted molar refractivity (Wildman–Crippen MR) is 112 cm³/mol. The Bertz CT molecular complexity index is 759. The summed E-state index contributed by atoms with van der Waals surface area (Å²) in [5, 5.41) is 2.98. The summed E-state index contributed by atoms with van der Waals surface area (Å²) in [5.41, 5.74) is 4.87. The summed E-state index contributed by atoms with van der Waals surface area (Å²) in [6, 6.07) is 13.6. The van der Waals surface area contributed by atoms with Crippen molar-refractivity contribution in [3.8, 4) is 0 Å². The van der Waals surface area contributed by atoms with Crippen LogP contribution in [0.2, 0.25) is 0 Å². The quantitative estimate of drug-likeness (QED) is 0.697. The van der Waals surface area contributed by atoms with Gasteiger partial charge in [-0.3, -0.25) is 9.59 Å². The van der Waals surface area contributed by atoms with Crippen molar-refractivity contribution >= 4 is 11.9 Å². The molecule has 1 amide bonds. The molecule has 0 aliphatic carbocycles. The van der Waals surface area contributed by atoms with Gasteiger partial charge in [0.2, 0.25) is 0 Å². The third kappa shape index (κ3) is 6.89. The highest BCUT2D eigenvalue weighted by Gasteiger charge is 2.11. The highest BCUT2D eigenvalue weighted by atomic mass is 16.5. The second-order valence-electron chi connectivity index (χ2n) is 6.00. The normalized spacial score (nSPS) is 9.81. The molecule has 0 fully saturated rings. The molecule has 0 spiro atoms. The van der Waals surface area contributed by atoms with E-state index in [2.05, 4.69) is 5.32 Å². The van der Waals surface area contributed by atoms with Gasteiger partial charge in [0.1, 0.15) is 0 Å². The van der Waals surface area contributed by atoms with Crippen LogP contribution >= 0.6 is 0 Å². The molecule has 0 aliphatic heterocycles. The average Bonchev–Trinajstić information content (AvgIpc) is 2.69. The third-order valence-electron chi connectivity index (χ3n) is 4.31. The number of hydrogen-bond donors (Lipinski definition) is 1. The molecule has 2 rings (SSSR count). The first-order chi connectivity index (χ1) is 13.0. The Labute approximate surface area is 164 Å². The maximum Gasteiger partial charge on any atom is 0.306 e. The zero-order valence-electron chi connectivity index (χ0n) is 17.1. The van der Waals surface area contributed by atoms with Gasteiger partial charge in [-0.15, -0.1) is 0 Å². The highest BCUT2D eigenvalue weighted by molar-refractivity contribution is 5.95. The fourth-order valence-electron chi connectivity index (χ4n) is 2.71. The second-order valence-corrected chi connectivity index (χ2v) is 6.00. The number of aryl methyl sites for hydroxylation is 2. The number of nitrogens with one attached hydrogen (secondary N) is 1. The lowest BCUT2D eigenvalue weighted by molar-refractivity contribution is -0.143. The van der Waals surface area contributed by atoms with Gasteiger partial charge in [0.15, 0.2) is 0 Å². The Morgan fingerprint density at radius 2 is 1.67 bits per heavy atom. The van der Waals surface area contributed by atoms with E-state index in [1.54, 1.807) is 6.92 Å². The first-order valence-corrected chi connectivity index (χ1v) is 9.59. The first-order valence-electron chi connectivity index (χ1n) is 9.59. The van der Waals surface area contributed by atoms with Gasteiger partial charge < -0.3 is 10.1 Å². The molecular formula is C23H33NO3. The number of esters is 1. The zero-order chi connectivity index (χ0) is 20.2. The zero-order valence-corrected chi connectivity index (χ0v) is 17.1. The first kappa shape index (κ1) is 22.4. The van der Waals surface area contributed by atoms with Crippen LogP contribution in [0.25, 0.3) is 0 Å². The molecule has 0 bridgehead atoms. The molecule has 0 unspecified atom stereocenters. The number of rotatable bonds is 7. The lowest BCUT2D eigenvalue weighted by atomic mass is 10.0. The van der Waals surface area contributed by atoms with Gasteiger partial charge >= 0.3 is 5.97 Å². The van der Waals surface area contributed by atoms with Crippen molar-refractivity contribution in [1.82, 2.24) is 5.32 Å². The molecule has 0 atom stereocenters. The fraction of sp³-hybridized carbons (Fsp3) is 0.391. The highest BCUT2D eigenvalue weighted by Crippen LogP contribution is 2.14. The number of amides is 1. The summed E-state index contributed by atoms with van der Waals surface area (Å²) in [7, 11) is 0. The monoisotopic (exact) mass is 371 g/mol. The van der Waals surface area contributed by atoms with E-state index in [9.17, 15) is 9.59 Å². The van der Waals surface area contributed by atoms with Crippen LogP contribution in [-0.2, 0) is 22.5 Å². The van der Waals surface area contributed by atoms with Crippen molar-refractivity contribution in [2.45, 2.75) is 54.0 Å². The fourth-order valence-corrected chi connectivity index (χ4v) is 2.71. The summed E-state index contributed by atoms with van der Waals surface area (Å²) in [5.74, 6) is -0.280. The molecule has 2 aromatic carbocycles. The van der Waals surface area contributed by atoms with Crippen LogP contribution in [0.15, 0.2) is 42.5 Å². The maximum absolute atomic E-state index is 12.5. The maximum atomic E-state index is 12.5. The summed E-state index contributed by atoms with van der Waals surface area (Å²) in [4.78, 5) is 24.0. The van der Waals surface area contributed by atoms with Gasteiger partial charge in [-0.1, -0.05) is 50.2 Å². The van der Waals surface area contributed by atoms with E-state index in [-0.39, 0.29) is 13.3 Å². The van der Waals surface area contributed by atoms with E-state index in [4.69, 9.17) is 4.74 Å². The Morgan fingerprint density at radius 1 is 1.00 bits per heavy atom. The minimum absolute atomic E-state index is 0. The van der Waals surface area contributed by atoms with E-state index >= 15 is 0 Å². The standard InChI is InChI=1S/C21H25NO3.C2H6.H2/c1-4-25-20(23)13-12-17-9-5-6-10-18(17)14-22-21(24)19-11-7-8-15(2)16(19)3;1-2;/h5-11H,4,12-14H2,1-3H3,(H,22,24);1-2H3;1H. The lowest BCUT2D eigenvalue weighted by Crippen LogP contribution is -2.24. The molecule has 4 heteroatoms. The van der Waals surface area contributed by atoms with Crippen molar-refractivity contribution in [3.63, 3.8) is 0 Å². The second kappa shape index (κ2) is 11.9. The van der Waals surface area contributed by atoms with E-state index in [0.29, 0.717) is 31.6 Å². The number of carbonyl (C=O) groups is 2. The smallest absolute Gasteiger partial charge is 0.306 e. The van der Waals surface area contributed by atoms with Crippen molar-refractivity contribution in [2.75, 3.05) is 6.61 Å². The van der Waals surface area contributed by atoms with E-state index in [0.717, 1.165) is 22.3 Å². The van der Waals surface area contributed by atoms with Crippen LogP contribution in [0.3, 0.4) is 0 Å². The molecule has 0 aromatic heterocycles. The summed E-state index contributed by atoms with van der Waals surface area (Å²) in [6.45, 7) is 10.6.